The molecule has 7 heteroatoms. The van der Waals surface area contributed by atoms with Gasteiger partial charge in [-0.25, -0.2) is 9.78 Å². The highest BCUT2D eigenvalue weighted by Crippen LogP contribution is 2.28. The summed E-state index contributed by atoms with van der Waals surface area (Å²) < 4.78 is 5.08. The molecular weight excluding hydrogens is 246 g/mol. The molecule has 0 bridgehead atoms. The zero-order chi connectivity index (χ0) is 12.4. The van der Waals surface area contributed by atoms with Crippen molar-refractivity contribution in [3.63, 3.8) is 0 Å². The second kappa shape index (κ2) is 4.38. The van der Waals surface area contributed by atoms with Gasteiger partial charge in [-0.3, -0.25) is 4.79 Å². The molecule has 2 rings (SSSR count). The molecule has 0 aliphatic heterocycles. The summed E-state index contributed by atoms with van der Waals surface area (Å²) in [7, 11) is 0. The second-order valence-corrected chi connectivity index (χ2v) is 4.23. The van der Waals surface area contributed by atoms with Gasteiger partial charge in [-0.1, -0.05) is 0 Å². The Bertz CT molecular complexity index is 557. The second-order valence-electron chi connectivity index (χ2n) is 3.14. The molecular formula is C10H7NO5S. The first-order valence-electron chi connectivity index (χ1n) is 4.56. The van der Waals surface area contributed by atoms with E-state index >= 15 is 0 Å². The molecule has 0 spiro atoms. The summed E-state index contributed by atoms with van der Waals surface area (Å²) >= 11 is 1.01. The number of thiazole rings is 1. The van der Waals surface area contributed by atoms with Crippen LogP contribution in [0.25, 0.3) is 10.8 Å². The van der Waals surface area contributed by atoms with Gasteiger partial charge in [-0.15, -0.1) is 11.3 Å². The van der Waals surface area contributed by atoms with Gasteiger partial charge in [0.15, 0.2) is 16.5 Å². The van der Waals surface area contributed by atoms with Crippen molar-refractivity contribution >= 4 is 23.3 Å². The molecule has 17 heavy (non-hydrogen) atoms. The predicted molar refractivity (Wildman–Crippen MR) is 58.1 cm³/mol. The Kier molecular flexibility index (Phi) is 2.92. The smallest absolute Gasteiger partial charge is 0.355 e. The Morgan fingerprint density at radius 3 is 2.71 bits per heavy atom. The molecule has 2 aromatic heterocycles. The van der Waals surface area contributed by atoms with E-state index in [1.165, 1.54) is 6.26 Å². The van der Waals surface area contributed by atoms with Crippen molar-refractivity contribution in [1.29, 1.82) is 0 Å². The monoisotopic (exact) mass is 253 g/mol. The van der Waals surface area contributed by atoms with E-state index < -0.39 is 11.9 Å². The number of carboxylic acid groups (broad SMARTS) is 2. The lowest BCUT2D eigenvalue weighted by atomic mass is 10.3. The van der Waals surface area contributed by atoms with Gasteiger partial charge in [0.2, 0.25) is 0 Å². The number of carboxylic acids is 2. The first-order valence-corrected chi connectivity index (χ1v) is 5.38. The van der Waals surface area contributed by atoms with Crippen LogP contribution >= 0.6 is 11.3 Å². The minimum absolute atomic E-state index is 0.205. The first-order chi connectivity index (χ1) is 8.08. The number of aliphatic carboxylic acids is 1. The first kappa shape index (κ1) is 11.3. The minimum Gasteiger partial charge on any atom is -0.481 e. The molecule has 2 heterocycles. The Morgan fingerprint density at radius 1 is 1.41 bits per heavy atom. The highest BCUT2D eigenvalue weighted by atomic mass is 32.1. The van der Waals surface area contributed by atoms with Crippen LogP contribution in [-0.4, -0.2) is 27.1 Å². The molecule has 0 aliphatic carbocycles. The zero-order valence-electron chi connectivity index (χ0n) is 8.41. The van der Waals surface area contributed by atoms with Crippen LogP contribution in [-0.2, 0) is 11.2 Å². The molecule has 0 atom stereocenters. The van der Waals surface area contributed by atoms with E-state index in [1.807, 2.05) is 0 Å². The van der Waals surface area contributed by atoms with Crippen LogP contribution in [0.3, 0.4) is 0 Å². The number of rotatable bonds is 4. The quantitative estimate of drug-likeness (QED) is 0.860. The predicted octanol–water partition coefficient (Wildman–Crippen LogP) is 1.73. The Hall–Kier alpha value is -2.15. The van der Waals surface area contributed by atoms with Gasteiger partial charge in [0.1, 0.15) is 0 Å². The largest absolute Gasteiger partial charge is 0.481 e. The van der Waals surface area contributed by atoms with Gasteiger partial charge in [0.25, 0.3) is 0 Å². The van der Waals surface area contributed by atoms with Crippen molar-refractivity contribution in [1.82, 2.24) is 4.98 Å². The van der Waals surface area contributed by atoms with Crippen LogP contribution in [0.15, 0.2) is 22.8 Å². The summed E-state index contributed by atoms with van der Waals surface area (Å²) in [5.41, 5.74) is -0.233. The van der Waals surface area contributed by atoms with Crippen molar-refractivity contribution in [2.75, 3.05) is 0 Å². The number of furan rings is 1. The Morgan fingerprint density at radius 2 is 2.18 bits per heavy atom. The van der Waals surface area contributed by atoms with E-state index in [9.17, 15) is 9.59 Å². The number of nitrogens with zero attached hydrogens (tertiary/aromatic N) is 1. The average Bonchev–Trinajstić information content (AvgIpc) is 2.82. The fourth-order valence-electron chi connectivity index (χ4n) is 1.28. The van der Waals surface area contributed by atoms with Crippen molar-refractivity contribution in [3.05, 3.63) is 29.0 Å². The summed E-state index contributed by atoms with van der Waals surface area (Å²) in [5, 5.41) is 17.9. The third-order valence-corrected chi connectivity index (χ3v) is 3.01. The number of hydrogen-bond acceptors (Lipinski definition) is 5. The number of aromatic nitrogens is 1. The maximum absolute atomic E-state index is 10.9. The van der Waals surface area contributed by atoms with Gasteiger partial charge in [0, 0.05) is 0 Å². The molecule has 0 aromatic carbocycles. The van der Waals surface area contributed by atoms with Crippen molar-refractivity contribution in [2.45, 2.75) is 6.42 Å². The number of hydrogen-bond donors (Lipinski definition) is 2. The molecule has 0 fully saturated rings. The summed E-state index contributed by atoms with van der Waals surface area (Å²) in [5.74, 6) is -1.91. The van der Waals surface area contributed by atoms with Gasteiger partial charge >= 0.3 is 11.9 Å². The molecule has 0 unspecified atom stereocenters. The lowest BCUT2D eigenvalue weighted by Gasteiger charge is -1.91. The molecule has 6 nitrogen and oxygen atoms in total. The fourth-order valence-corrected chi connectivity index (χ4v) is 2.29. The lowest BCUT2D eigenvalue weighted by Crippen LogP contribution is -2.05. The van der Waals surface area contributed by atoms with Crippen molar-refractivity contribution < 1.29 is 24.2 Å². The molecule has 0 radical (unpaired) electrons. The molecule has 0 saturated heterocycles. The topological polar surface area (TPSA) is 101 Å². The number of aromatic carboxylic acids is 1. The van der Waals surface area contributed by atoms with E-state index in [1.54, 1.807) is 12.1 Å². The Labute approximate surface area is 99.1 Å². The standard InChI is InChI=1S/C10H7NO5S/c12-7(13)4-6-8(10(14)15)11-9(17-6)5-2-1-3-16-5/h1-3H,4H2,(H,12,13)(H,14,15). The highest BCUT2D eigenvalue weighted by molar-refractivity contribution is 7.15. The van der Waals surface area contributed by atoms with Gasteiger partial charge in [-0.2, -0.15) is 0 Å². The maximum atomic E-state index is 10.9. The van der Waals surface area contributed by atoms with Crippen LogP contribution in [0, 0.1) is 0 Å². The lowest BCUT2D eigenvalue weighted by molar-refractivity contribution is -0.136. The van der Waals surface area contributed by atoms with Crippen LogP contribution in [0.4, 0.5) is 0 Å². The normalized spacial score (nSPS) is 10.4. The highest BCUT2D eigenvalue weighted by Gasteiger charge is 2.20. The van der Waals surface area contributed by atoms with E-state index in [0.29, 0.717) is 10.8 Å². The van der Waals surface area contributed by atoms with E-state index in [2.05, 4.69) is 4.98 Å². The maximum Gasteiger partial charge on any atom is 0.355 e. The third-order valence-electron chi connectivity index (χ3n) is 1.94. The van der Waals surface area contributed by atoms with E-state index in [0.717, 1.165) is 11.3 Å². The average molecular weight is 253 g/mol. The Balaban J connectivity index is 2.44. The molecule has 0 amide bonds. The molecule has 2 N–H and O–H groups in total. The van der Waals surface area contributed by atoms with Crippen LogP contribution in [0.5, 0.6) is 0 Å². The zero-order valence-corrected chi connectivity index (χ0v) is 9.23. The van der Waals surface area contributed by atoms with Crippen LogP contribution in [0.2, 0.25) is 0 Å². The van der Waals surface area contributed by atoms with Gasteiger partial charge in [-0.05, 0) is 12.1 Å². The van der Waals surface area contributed by atoms with Gasteiger partial charge in [0.05, 0.1) is 17.6 Å². The molecule has 0 aliphatic rings. The van der Waals surface area contributed by atoms with Crippen LogP contribution < -0.4 is 0 Å². The fraction of sp³-hybridized carbons (Fsp3) is 0.100. The molecule has 88 valence electrons. The van der Waals surface area contributed by atoms with Crippen molar-refractivity contribution in [3.8, 4) is 10.8 Å². The summed E-state index contributed by atoms with van der Waals surface area (Å²) in [6, 6.07) is 3.28. The van der Waals surface area contributed by atoms with E-state index in [4.69, 9.17) is 14.6 Å². The molecule has 2 aromatic rings. The summed E-state index contributed by atoms with van der Waals surface area (Å²) in [4.78, 5) is 25.6. The summed E-state index contributed by atoms with van der Waals surface area (Å²) in [6.45, 7) is 0. The van der Waals surface area contributed by atoms with E-state index in [-0.39, 0.29) is 17.0 Å². The van der Waals surface area contributed by atoms with Crippen LogP contribution in [0.1, 0.15) is 15.4 Å². The van der Waals surface area contributed by atoms with Crippen molar-refractivity contribution in [2.24, 2.45) is 0 Å². The van der Waals surface area contributed by atoms with Gasteiger partial charge < -0.3 is 14.6 Å². The molecule has 0 saturated carbocycles. The number of carbonyl (C=O) groups is 2. The summed E-state index contributed by atoms with van der Waals surface area (Å²) in [6.07, 6.45) is 1.08. The minimum atomic E-state index is -1.24. The third kappa shape index (κ3) is 2.34. The SMILES string of the molecule is O=C(O)Cc1sc(-c2ccco2)nc1C(=O)O.